The summed E-state index contributed by atoms with van der Waals surface area (Å²) in [5.74, 6) is 0. The lowest BCUT2D eigenvalue weighted by Crippen LogP contribution is -2.31. The van der Waals surface area contributed by atoms with Crippen LogP contribution >= 0.6 is 0 Å². The third-order valence-corrected chi connectivity index (χ3v) is 6.21. The highest BCUT2D eigenvalue weighted by molar-refractivity contribution is 7.89. The van der Waals surface area contributed by atoms with Gasteiger partial charge in [-0.05, 0) is 43.2 Å². The highest BCUT2D eigenvalue weighted by Crippen LogP contribution is 2.23. The summed E-state index contributed by atoms with van der Waals surface area (Å²) in [4.78, 5) is 4.71. The van der Waals surface area contributed by atoms with Crippen molar-refractivity contribution in [1.29, 1.82) is 0 Å². The Morgan fingerprint density at radius 3 is 2.71 bits per heavy atom. The molecule has 0 N–H and O–H groups in total. The molecule has 5 nitrogen and oxygen atoms in total. The van der Waals surface area contributed by atoms with Crippen LogP contribution in [0.3, 0.4) is 0 Å². The van der Waals surface area contributed by atoms with Gasteiger partial charge in [0, 0.05) is 12.7 Å². The van der Waals surface area contributed by atoms with Crippen LogP contribution in [0.2, 0.25) is 0 Å². The normalized spacial score (nSPS) is 12.2. The molecule has 3 rings (SSSR count). The first-order valence-corrected chi connectivity index (χ1v) is 9.36. The topological polar surface area (TPSA) is 54.7 Å². The lowest BCUT2D eigenvalue weighted by atomic mass is 10.2. The standard InChI is InChI=1S/C18H21N3O2S/c1-4-20(13-16-12-19-18-7-5-6-10-21(16)18)24(22,23)17-11-14(2)8-9-15(17)3/h5-12H,4,13H2,1-3H3. The van der Waals surface area contributed by atoms with Crippen LogP contribution in [0.4, 0.5) is 0 Å². The summed E-state index contributed by atoms with van der Waals surface area (Å²) < 4.78 is 29.6. The second-order valence-electron chi connectivity index (χ2n) is 5.88. The minimum Gasteiger partial charge on any atom is -0.303 e. The summed E-state index contributed by atoms with van der Waals surface area (Å²) in [6.07, 6.45) is 3.63. The molecular weight excluding hydrogens is 322 g/mol. The molecule has 0 fully saturated rings. The van der Waals surface area contributed by atoms with E-state index in [1.54, 1.807) is 12.3 Å². The van der Waals surface area contributed by atoms with E-state index in [9.17, 15) is 8.42 Å². The number of nitrogens with zero attached hydrogens (tertiary/aromatic N) is 3. The Balaban J connectivity index is 2.00. The van der Waals surface area contributed by atoms with Crippen molar-refractivity contribution >= 4 is 15.7 Å². The predicted octanol–water partition coefficient (Wildman–Crippen LogP) is 3.16. The van der Waals surface area contributed by atoms with Gasteiger partial charge >= 0.3 is 0 Å². The van der Waals surface area contributed by atoms with Crippen molar-refractivity contribution in [1.82, 2.24) is 13.7 Å². The molecule has 0 radical (unpaired) electrons. The Morgan fingerprint density at radius 1 is 1.17 bits per heavy atom. The molecule has 24 heavy (non-hydrogen) atoms. The summed E-state index contributed by atoms with van der Waals surface area (Å²) in [5, 5.41) is 0. The molecule has 6 heteroatoms. The predicted molar refractivity (Wildman–Crippen MR) is 94.4 cm³/mol. The molecule has 0 aliphatic heterocycles. The lowest BCUT2D eigenvalue weighted by Gasteiger charge is -2.21. The van der Waals surface area contributed by atoms with Crippen LogP contribution in [0.1, 0.15) is 23.7 Å². The van der Waals surface area contributed by atoms with Gasteiger partial charge in [0.05, 0.1) is 23.3 Å². The number of aromatic nitrogens is 2. The molecule has 0 atom stereocenters. The van der Waals surface area contributed by atoms with Crippen LogP contribution in [-0.2, 0) is 16.6 Å². The second kappa shape index (κ2) is 6.37. The van der Waals surface area contributed by atoms with Gasteiger partial charge < -0.3 is 4.40 Å². The first kappa shape index (κ1) is 16.7. The highest BCUT2D eigenvalue weighted by atomic mass is 32.2. The van der Waals surface area contributed by atoms with Crippen LogP contribution < -0.4 is 0 Å². The van der Waals surface area contributed by atoms with Crippen molar-refractivity contribution in [2.24, 2.45) is 0 Å². The molecule has 126 valence electrons. The number of pyridine rings is 1. The zero-order valence-electron chi connectivity index (χ0n) is 14.1. The Morgan fingerprint density at radius 2 is 1.96 bits per heavy atom. The molecule has 0 spiro atoms. The van der Waals surface area contributed by atoms with Gasteiger partial charge in [0.15, 0.2) is 0 Å². The summed E-state index contributed by atoms with van der Waals surface area (Å²) >= 11 is 0. The fourth-order valence-corrected chi connectivity index (χ4v) is 4.50. The molecule has 0 saturated heterocycles. The third kappa shape index (κ3) is 2.95. The van der Waals surface area contributed by atoms with Crippen molar-refractivity contribution in [2.45, 2.75) is 32.2 Å². The monoisotopic (exact) mass is 343 g/mol. The maximum absolute atomic E-state index is 13.1. The number of imidazole rings is 1. The van der Waals surface area contributed by atoms with E-state index < -0.39 is 10.0 Å². The molecule has 0 aliphatic carbocycles. The Labute approximate surface area is 142 Å². The van der Waals surface area contributed by atoms with Gasteiger partial charge in [-0.3, -0.25) is 0 Å². The Kier molecular flexibility index (Phi) is 4.43. The van der Waals surface area contributed by atoms with E-state index in [0.29, 0.717) is 11.4 Å². The molecule has 0 aliphatic rings. The number of benzene rings is 1. The van der Waals surface area contributed by atoms with Crippen molar-refractivity contribution in [3.8, 4) is 0 Å². The van der Waals surface area contributed by atoms with Crippen molar-refractivity contribution in [3.05, 3.63) is 65.6 Å². The third-order valence-electron chi connectivity index (χ3n) is 4.15. The number of sulfonamides is 1. The maximum Gasteiger partial charge on any atom is 0.243 e. The van der Waals surface area contributed by atoms with E-state index in [-0.39, 0.29) is 6.54 Å². The Bertz CT molecular complexity index is 977. The zero-order chi connectivity index (χ0) is 17.3. The quantitative estimate of drug-likeness (QED) is 0.715. The fraction of sp³-hybridized carbons (Fsp3) is 0.278. The summed E-state index contributed by atoms with van der Waals surface area (Å²) in [6.45, 7) is 6.27. The number of aryl methyl sites for hydroxylation is 2. The van der Waals surface area contributed by atoms with Crippen molar-refractivity contribution in [3.63, 3.8) is 0 Å². The van der Waals surface area contributed by atoms with Crippen LogP contribution in [0.15, 0.2) is 53.7 Å². The highest BCUT2D eigenvalue weighted by Gasteiger charge is 2.26. The van der Waals surface area contributed by atoms with Gasteiger partial charge in [0.2, 0.25) is 10.0 Å². The second-order valence-corrected chi connectivity index (χ2v) is 7.78. The molecule has 2 aromatic heterocycles. The van der Waals surface area contributed by atoms with Gasteiger partial charge in [0.1, 0.15) is 5.65 Å². The van der Waals surface area contributed by atoms with Crippen LogP contribution in [0.5, 0.6) is 0 Å². The van der Waals surface area contributed by atoms with Crippen molar-refractivity contribution < 1.29 is 8.42 Å². The van der Waals surface area contributed by atoms with Gasteiger partial charge in [-0.15, -0.1) is 0 Å². The summed E-state index contributed by atoms with van der Waals surface area (Å²) in [7, 11) is -3.56. The van der Waals surface area contributed by atoms with E-state index >= 15 is 0 Å². The van der Waals surface area contributed by atoms with Crippen LogP contribution in [-0.4, -0.2) is 28.7 Å². The molecular formula is C18H21N3O2S. The van der Waals surface area contributed by atoms with E-state index in [0.717, 1.165) is 22.5 Å². The molecule has 0 saturated carbocycles. The first-order valence-electron chi connectivity index (χ1n) is 7.92. The first-order chi connectivity index (χ1) is 11.4. The molecule has 0 amide bonds. The van der Waals surface area contributed by atoms with E-state index in [1.165, 1.54) is 4.31 Å². The van der Waals surface area contributed by atoms with Gasteiger partial charge in [-0.2, -0.15) is 4.31 Å². The molecule has 3 aromatic rings. The van der Waals surface area contributed by atoms with Gasteiger partial charge in [-0.1, -0.05) is 25.1 Å². The van der Waals surface area contributed by atoms with Crippen LogP contribution in [0.25, 0.3) is 5.65 Å². The van der Waals surface area contributed by atoms with Gasteiger partial charge in [-0.25, -0.2) is 13.4 Å². The smallest absolute Gasteiger partial charge is 0.243 e. The number of hydrogen-bond acceptors (Lipinski definition) is 3. The fourth-order valence-electron chi connectivity index (χ4n) is 2.77. The average molecular weight is 343 g/mol. The SMILES string of the molecule is CCN(Cc1cnc2ccccn12)S(=O)(=O)c1cc(C)ccc1C. The van der Waals surface area contributed by atoms with E-state index in [2.05, 4.69) is 4.98 Å². The largest absolute Gasteiger partial charge is 0.303 e. The minimum absolute atomic E-state index is 0.289. The van der Waals surface area contributed by atoms with E-state index in [4.69, 9.17) is 0 Å². The molecule has 1 aromatic carbocycles. The minimum atomic E-state index is -3.56. The number of hydrogen-bond donors (Lipinski definition) is 0. The zero-order valence-corrected chi connectivity index (χ0v) is 14.9. The average Bonchev–Trinajstić information content (AvgIpc) is 2.97. The Hall–Kier alpha value is -2.18. The lowest BCUT2D eigenvalue weighted by molar-refractivity contribution is 0.417. The number of fused-ring (bicyclic) bond motifs is 1. The van der Waals surface area contributed by atoms with Crippen molar-refractivity contribution in [2.75, 3.05) is 6.54 Å². The summed E-state index contributed by atoms with van der Waals surface area (Å²) in [5.41, 5.74) is 3.36. The number of rotatable bonds is 5. The molecule has 2 heterocycles. The molecule has 0 bridgehead atoms. The maximum atomic E-state index is 13.1. The summed E-state index contributed by atoms with van der Waals surface area (Å²) in [6, 6.07) is 11.2. The van der Waals surface area contributed by atoms with E-state index in [1.807, 2.05) is 61.7 Å². The molecule has 0 unspecified atom stereocenters. The van der Waals surface area contributed by atoms with Gasteiger partial charge in [0.25, 0.3) is 0 Å². The van der Waals surface area contributed by atoms with Crippen LogP contribution in [0, 0.1) is 13.8 Å².